The lowest BCUT2D eigenvalue weighted by Gasteiger charge is -2.28. The number of ketones is 2. The average molecular weight is 555 g/mol. The van der Waals surface area contributed by atoms with E-state index in [1.54, 1.807) is 48.5 Å². The second-order valence-electron chi connectivity index (χ2n) is 9.12. The van der Waals surface area contributed by atoms with Crippen molar-refractivity contribution in [3.05, 3.63) is 106 Å². The number of Topliss-reactive ketones (excluding diaryl/α,β-unsaturated/α-hetero) is 1. The summed E-state index contributed by atoms with van der Waals surface area (Å²) in [5, 5.41) is 10.7. The van der Waals surface area contributed by atoms with Gasteiger partial charge in [-0.25, -0.2) is 4.79 Å². The van der Waals surface area contributed by atoms with Crippen molar-refractivity contribution in [1.29, 1.82) is 0 Å². The standard InChI is InChI=1S/C32H26O9/c1-37-22-13-11-17(15-25(22)39-3)30(34)27-19-7-5-9-21(33)28(19)31(35)29-20(27)8-6-10-24(29)41-32(36)18-12-14-23(38-2)26(16-18)40-4/h5-16,27,33H,1-4H3. The molecule has 4 aromatic carbocycles. The molecule has 5 rings (SSSR count). The summed E-state index contributed by atoms with van der Waals surface area (Å²) in [6.07, 6.45) is 0. The Morgan fingerprint density at radius 1 is 0.634 bits per heavy atom. The molecule has 1 aliphatic rings. The molecule has 1 atom stereocenters. The van der Waals surface area contributed by atoms with Crippen molar-refractivity contribution in [2.24, 2.45) is 0 Å². The lowest BCUT2D eigenvalue weighted by molar-refractivity contribution is 0.0732. The highest BCUT2D eigenvalue weighted by molar-refractivity contribution is 6.19. The highest BCUT2D eigenvalue weighted by Gasteiger charge is 2.39. The second kappa shape index (κ2) is 11.1. The fraction of sp³-hybridized carbons (Fsp3) is 0.156. The van der Waals surface area contributed by atoms with E-state index in [9.17, 15) is 19.5 Å². The Kier molecular flexibility index (Phi) is 7.35. The molecule has 0 radical (unpaired) electrons. The Morgan fingerprint density at radius 2 is 1.17 bits per heavy atom. The van der Waals surface area contributed by atoms with Gasteiger partial charge in [0.2, 0.25) is 5.78 Å². The summed E-state index contributed by atoms with van der Waals surface area (Å²) in [4.78, 5) is 41.1. The first-order valence-corrected chi connectivity index (χ1v) is 12.5. The molecular weight excluding hydrogens is 528 g/mol. The SMILES string of the molecule is COc1ccc(C(=O)Oc2cccc3c2C(=O)c2c(O)cccc2C3C(=O)c2ccc(OC)c(OC)c2)cc1OC. The van der Waals surface area contributed by atoms with Crippen LogP contribution in [0.3, 0.4) is 0 Å². The maximum Gasteiger partial charge on any atom is 0.343 e. The van der Waals surface area contributed by atoms with E-state index in [1.807, 2.05) is 0 Å². The van der Waals surface area contributed by atoms with E-state index in [-0.39, 0.29) is 34.0 Å². The molecule has 0 amide bonds. The van der Waals surface area contributed by atoms with E-state index >= 15 is 0 Å². The molecular formula is C32H26O9. The predicted octanol–water partition coefficient (Wildman–Crippen LogP) is 5.21. The van der Waals surface area contributed by atoms with Gasteiger partial charge in [-0.3, -0.25) is 9.59 Å². The molecule has 4 aromatic rings. The van der Waals surface area contributed by atoms with Gasteiger partial charge in [-0.05, 0) is 59.7 Å². The summed E-state index contributed by atoms with van der Waals surface area (Å²) in [7, 11) is 5.88. The molecule has 208 valence electrons. The molecule has 41 heavy (non-hydrogen) atoms. The number of ether oxygens (including phenoxy) is 5. The zero-order valence-electron chi connectivity index (χ0n) is 22.7. The Balaban J connectivity index is 1.62. The van der Waals surface area contributed by atoms with Gasteiger partial charge in [-0.15, -0.1) is 0 Å². The number of phenols is 1. The number of hydrogen-bond acceptors (Lipinski definition) is 9. The molecule has 9 nitrogen and oxygen atoms in total. The summed E-state index contributed by atoms with van der Waals surface area (Å²) >= 11 is 0. The van der Waals surface area contributed by atoms with Gasteiger partial charge in [-0.2, -0.15) is 0 Å². The van der Waals surface area contributed by atoms with Crippen LogP contribution in [0, 0.1) is 0 Å². The minimum atomic E-state index is -0.984. The average Bonchev–Trinajstić information content (AvgIpc) is 3.00. The smallest absolute Gasteiger partial charge is 0.343 e. The molecule has 0 bridgehead atoms. The third-order valence-corrected chi connectivity index (χ3v) is 6.96. The first-order chi connectivity index (χ1) is 19.8. The first-order valence-electron chi connectivity index (χ1n) is 12.5. The number of methoxy groups -OCH3 is 4. The Hall–Kier alpha value is -5.31. The summed E-state index contributed by atoms with van der Waals surface area (Å²) < 4.78 is 26.9. The van der Waals surface area contributed by atoms with E-state index in [0.29, 0.717) is 39.7 Å². The molecule has 0 saturated carbocycles. The number of carbonyl (C=O) groups excluding carboxylic acids is 3. The zero-order chi connectivity index (χ0) is 29.3. The van der Waals surface area contributed by atoms with Gasteiger partial charge in [0.1, 0.15) is 11.5 Å². The van der Waals surface area contributed by atoms with Crippen LogP contribution >= 0.6 is 0 Å². The fourth-order valence-corrected chi connectivity index (χ4v) is 5.02. The number of fused-ring (bicyclic) bond motifs is 2. The normalized spacial score (nSPS) is 13.5. The zero-order valence-corrected chi connectivity index (χ0v) is 22.7. The Morgan fingerprint density at radius 3 is 1.78 bits per heavy atom. The molecule has 1 N–H and O–H groups in total. The van der Waals surface area contributed by atoms with E-state index in [1.165, 1.54) is 52.7 Å². The van der Waals surface area contributed by atoms with Gasteiger partial charge in [0.25, 0.3) is 0 Å². The van der Waals surface area contributed by atoms with Crippen LogP contribution in [-0.4, -0.2) is 51.1 Å². The van der Waals surface area contributed by atoms with Gasteiger partial charge in [0.15, 0.2) is 28.8 Å². The minimum Gasteiger partial charge on any atom is -0.507 e. The Labute approximate surface area is 235 Å². The largest absolute Gasteiger partial charge is 0.507 e. The molecule has 9 heteroatoms. The number of benzene rings is 4. The van der Waals surface area contributed by atoms with Crippen LogP contribution in [0.15, 0.2) is 72.8 Å². The van der Waals surface area contributed by atoms with Crippen LogP contribution < -0.4 is 23.7 Å². The molecule has 0 saturated heterocycles. The third kappa shape index (κ3) is 4.71. The fourth-order valence-electron chi connectivity index (χ4n) is 5.02. The highest BCUT2D eigenvalue weighted by Crippen LogP contribution is 2.45. The second-order valence-corrected chi connectivity index (χ2v) is 9.12. The van der Waals surface area contributed by atoms with Crippen LogP contribution in [0.1, 0.15) is 53.7 Å². The molecule has 0 spiro atoms. The highest BCUT2D eigenvalue weighted by atomic mass is 16.5. The van der Waals surface area contributed by atoms with Gasteiger partial charge < -0.3 is 28.8 Å². The molecule has 0 fully saturated rings. The van der Waals surface area contributed by atoms with Crippen LogP contribution in [0.25, 0.3) is 0 Å². The lowest BCUT2D eigenvalue weighted by atomic mass is 9.73. The topological polar surface area (TPSA) is 118 Å². The minimum absolute atomic E-state index is 0.00848. The van der Waals surface area contributed by atoms with Crippen molar-refractivity contribution >= 4 is 17.5 Å². The summed E-state index contributed by atoms with van der Waals surface area (Å²) in [5.41, 5.74) is 1.11. The maximum atomic E-state index is 14.1. The summed E-state index contributed by atoms with van der Waals surface area (Å²) in [6, 6.07) is 18.6. The monoisotopic (exact) mass is 554 g/mol. The summed E-state index contributed by atoms with van der Waals surface area (Å²) in [6.45, 7) is 0. The first kappa shape index (κ1) is 27.3. The van der Waals surface area contributed by atoms with E-state index in [4.69, 9.17) is 23.7 Å². The molecule has 0 aromatic heterocycles. The molecule has 1 aliphatic carbocycles. The van der Waals surface area contributed by atoms with Gasteiger partial charge in [0.05, 0.1) is 51.0 Å². The number of rotatable bonds is 8. The van der Waals surface area contributed by atoms with Crippen LogP contribution in [0.2, 0.25) is 0 Å². The quantitative estimate of drug-likeness (QED) is 0.178. The number of hydrogen-bond donors (Lipinski definition) is 1. The Bertz CT molecular complexity index is 1690. The van der Waals surface area contributed by atoms with Crippen molar-refractivity contribution < 1.29 is 43.2 Å². The van der Waals surface area contributed by atoms with E-state index in [2.05, 4.69) is 0 Å². The van der Waals surface area contributed by atoms with Crippen molar-refractivity contribution in [3.8, 4) is 34.5 Å². The van der Waals surface area contributed by atoms with Crippen LogP contribution in [0.5, 0.6) is 34.5 Å². The van der Waals surface area contributed by atoms with Gasteiger partial charge >= 0.3 is 5.97 Å². The van der Waals surface area contributed by atoms with Gasteiger partial charge in [-0.1, -0.05) is 24.3 Å². The van der Waals surface area contributed by atoms with Gasteiger partial charge in [0, 0.05) is 5.56 Å². The van der Waals surface area contributed by atoms with Crippen molar-refractivity contribution in [3.63, 3.8) is 0 Å². The number of phenolic OH excluding ortho intramolecular Hbond substituents is 1. The molecule has 0 aliphatic heterocycles. The lowest BCUT2D eigenvalue weighted by Crippen LogP contribution is -2.26. The maximum absolute atomic E-state index is 14.1. The number of aromatic hydroxyl groups is 1. The molecule has 1 unspecified atom stereocenters. The predicted molar refractivity (Wildman–Crippen MR) is 148 cm³/mol. The summed E-state index contributed by atoms with van der Waals surface area (Å²) in [5.74, 6) is -1.43. The molecule has 0 heterocycles. The van der Waals surface area contributed by atoms with E-state index in [0.717, 1.165) is 0 Å². The van der Waals surface area contributed by atoms with Crippen molar-refractivity contribution in [1.82, 2.24) is 0 Å². The third-order valence-electron chi connectivity index (χ3n) is 6.96. The van der Waals surface area contributed by atoms with E-state index < -0.39 is 17.7 Å². The van der Waals surface area contributed by atoms with Crippen LogP contribution in [-0.2, 0) is 0 Å². The van der Waals surface area contributed by atoms with Crippen molar-refractivity contribution in [2.75, 3.05) is 28.4 Å². The van der Waals surface area contributed by atoms with Crippen LogP contribution in [0.4, 0.5) is 0 Å². The van der Waals surface area contributed by atoms with Crippen molar-refractivity contribution in [2.45, 2.75) is 5.92 Å². The number of carbonyl (C=O) groups is 3. The number of esters is 1.